The lowest BCUT2D eigenvalue weighted by Crippen LogP contribution is -2.33. The first kappa shape index (κ1) is 11.1. The van der Waals surface area contributed by atoms with E-state index in [4.69, 9.17) is 10.8 Å². The van der Waals surface area contributed by atoms with Crippen molar-refractivity contribution in [3.63, 3.8) is 0 Å². The van der Waals surface area contributed by atoms with Gasteiger partial charge in [0, 0.05) is 5.41 Å². The van der Waals surface area contributed by atoms with Gasteiger partial charge in [0.25, 0.3) is 0 Å². The van der Waals surface area contributed by atoms with E-state index in [0.29, 0.717) is 6.54 Å². The van der Waals surface area contributed by atoms with Crippen LogP contribution in [0.25, 0.3) is 0 Å². The molecule has 0 heterocycles. The van der Waals surface area contributed by atoms with E-state index >= 15 is 0 Å². The molecule has 0 saturated carbocycles. The smallest absolute Gasteiger partial charge is 0.303 e. The van der Waals surface area contributed by atoms with Crippen LogP contribution >= 0.6 is 0 Å². The van der Waals surface area contributed by atoms with Gasteiger partial charge in [0.05, 0.1) is 6.42 Å². The Morgan fingerprint density at radius 3 is 2.81 bits per heavy atom. The largest absolute Gasteiger partial charge is 0.481 e. The average Bonchev–Trinajstić information content (AvgIpc) is 2.58. The van der Waals surface area contributed by atoms with Crippen LogP contribution in [0.1, 0.15) is 23.1 Å². The normalized spacial score (nSPS) is 23.1. The van der Waals surface area contributed by atoms with Gasteiger partial charge in [-0.15, -0.1) is 0 Å². The Bertz CT molecular complexity index is 428. The fraction of sp³-hybridized carbons (Fsp3) is 0.462. The van der Waals surface area contributed by atoms with Crippen molar-refractivity contribution in [1.29, 1.82) is 0 Å². The molecule has 3 N–H and O–H groups in total. The number of rotatable bonds is 3. The van der Waals surface area contributed by atoms with Crippen LogP contribution in [0.4, 0.5) is 0 Å². The molecule has 0 saturated heterocycles. The summed E-state index contributed by atoms with van der Waals surface area (Å²) >= 11 is 0. The molecule has 2 rings (SSSR count). The van der Waals surface area contributed by atoms with Gasteiger partial charge in [-0.25, -0.2) is 0 Å². The lowest BCUT2D eigenvalue weighted by atomic mass is 9.81. The number of aliphatic carboxylic acids is 1. The molecule has 1 aromatic carbocycles. The van der Waals surface area contributed by atoms with Crippen molar-refractivity contribution in [2.24, 2.45) is 11.1 Å². The minimum Gasteiger partial charge on any atom is -0.481 e. The number of carbonyl (C=O) groups is 1. The van der Waals surface area contributed by atoms with Crippen LogP contribution in [-0.4, -0.2) is 17.6 Å². The summed E-state index contributed by atoms with van der Waals surface area (Å²) in [7, 11) is 0. The van der Waals surface area contributed by atoms with Crippen molar-refractivity contribution in [3.8, 4) is 0 Å². The first-order chi connectivity index (χ1) is 7.56. The van der Waals surface area contributed by atoms with E-state index in [1.807, 2.05) is 6.07 Å². The fourth-order valence-corrected chi connectivity index (χ4v) is 2.69. The monoisotopic (exact) mass is 219 g/mol. The Morgan fingerprint density at radius 2 is 2.25 bits per heavy atom. The fourth-order valence-electron chi connectivity index (χ4n) is 2.69. The zero-order valence-corrected chi connectivity index (χ0v) is 9.49. The SMILES string of the molecule is Cc1cccc2c1CC(CN)(CC(=O)O)C2. The molecule has 1 aliphatic rings. The van der Waals surface area contributed by atoms with E-state index in [9.17, 15) is 4.79 Å². The van der Waals surface area contributed by atoms with Crippen molar-refractivity contribution in [2.45, 2.75) is 26.2 Å². The molecule has 0 amide bonds. The third-order valence-electron chi connectivity index (χ3n) is 3.58. The molecule has 3 nitrogen and oxygen atoms in total. The maximum Gasteiger partial charge on any atom is 0.303 e. The molecular weight excluding hydrogens is 202 g/mol. The maximum atomic E-state index is 10.9. The zero-order chi connectivity index (χ0) is 11.8. The Balaban J connectivity index is 2.32. The molecule has 3 heteroatoms. The molecule has 1 unspecified atom stereocenters. The van der Waals surface area contributed by atoms with Crippen molar-refractivity contribution in [2.75, 3.05) is 6.54 Å². The first-order valence-electron chi connectivity index (χ1n) is 5.55. The topological polar surface area (TPSA) is 63.3 Å². The number of hydrogen-bond donors (Lipinski definition) is 2. The summed E-state index contributed by atoms with van der Waals surface area (Å²) in [6.07, 6.45) is 1.77. The molecule has 16 heavy (non-hydrogen) atoms. The van der Waals surface area contributed by atoms with Gasteiger partial charge >= 0.3 is 5.97 Å². The van der Waals surface area contributed by atoms with E-state index in [1.54, 1.807) is 0 Å². The lowest BCUT2D eigenvalue weighted by molar-refractivity contribution is -0.139. The minimum absolute atomic E-state index is 0.164. The summed E-state index contributed by atoms with van der Waals surface area (Å²) in [5.74, 6) is -0.754. The number of carboxylic acids is 1. The molecule has 0 aliphatic heterocycles. The second kappa shape index (κ2) is 3.91. The summed E-state index contributed by atoms with van der Waals surface area (Å²) in [6, 6.07) is 6.19. The van der Waals surface area contributed by atoms with Gasteiger partial charge < -0.3 is 10.8 Å². The lowest BCUT2D eigenvalue weighted by Gasteiger charge is -2.24. The van der Waals surface area contributed by atoms with Gasteiger partial charge in [-0.05, 0) is 43.0 Å². The number of carboxylic acid groups (broad SMARTS) is 1. The molecule has 0 aromatic heterocycles. The van der Waals surface area contributed by atoms with Crippen molar-refractivity contribution in [1.82, 2.24) is 0 Å². The van der Waals surface area contributed by atoms with Gasteiger partial charge in [0.15, 0.2) is 0 Å². The minimum atomic E-state index is -0.754. The molecule has 1 aliphatic carbocycles. The average molecular weight is 219 g/mol. The van der Waals surface area contributed by atoms with E-state index in [-0.39, 0.29) is 11.8 Å². The third kappa shape index (κ3) is 1.83. The molecule has 0 bridgehead atoms. The quantitative estimate of drug-likeness (QED) is 0.810. The highest BCUT2D eigenvalue weighted by Gasteiger charge is 2.38. The Labute approximate surface area is 95.3 Å². The number of nitrogens with two attached hydrogens (primary N) is 1. The summed E-state index contributed by atoms with van der Waals surface area (Å²) < 4.78 is 0. The first-order valence-corrected chi connectivity index (χ1v) is 5.55. The second-order valence-electron chi connectivity index (χ2n) is 4.84. The highest BCUT2D eigenvalue weighted by molar-refractivity contribution is 5.68. The van der Waals surface area contributed by atoms with Crippen molar-refractivity contribution >= 4 is 5.97 Å². The predicted octanol–water partition coefficient (Wildman–Crippen LogP) is 1.51. The van der Waals surface area contributed by atoms with E-state index < -0.39 is 5.97 Å². The molecule has 0 radical (unpaired) electrons. The Kier molecular flexibility index (Phi) is 2.72. The van der Waals surface area contributed by atoms with Crippen LogP contribution in [0.3, 0.4) is 0 Å². The standard InChI is InChI=1S/C13H17NO2/c1-9-3-2-4-10-5-13(8-14,6-11(9)10)7-12(15)16/h2-4H,5-8,14H2,1H3,(H,15,16). The molecule has 0 fully saturated rings. The number of benzene rings is 1. The van der Waals surface area contributed by atoms with Crippen LogP contribution in [0.2, 0.25) is 0 Å². The van der Waals surface area contributed by atoms with E-state index in [2.05, 4.69) is 19.1 Å². The van der Waals surface area contributed by atoms with Crippen molar-refractivity contribution in [3.05, 3.63) is 34.9 Å². The number of aryl methyl sites for hydroxylation is 1. The molecule has 1 atom stereocenters. The van der Waals surface area contributed by atoms with Gasteiger partial charge in [0.2, 0.25) is 0 Å². The van der Waals surface area contributed by atoms with Crippen LogP contribution in [0, 0.1) is 12.3 Å². The van der Waals surface area contributed by atoms with Gasteiger partial charge in [-0.2, -0.15) is 0 Å². The van der Waals surface area contributed by atoms with E-state index in [0.717, 1.165) is 12.8 Å². The summed E-state index contributed by atoms with van der Waals surface area (Å²) in [6.45, 7) is 2.51. The third-order valence-corrected chi connectivity index (χ3v) is 3.58. The van der Waals surface area contributed by atoms with E-state index in [1.165, 1.54) is 16.7 Å². The maximum absolute atomic E-state index is 10.9. The highest BCUT2D eigenvalue weighted by Crippen LogP contribution is 2.40. The summed E-state index contributed by atoms with van der Waals surface area (Å²) in [4.78, 5) is 10.9. The number of hydrogen-bond acceptors (Lipinski definition) is 2. The van der Waals surface area contributed by atoms with Gasteiger partial charge in [-0.1, -0.05) is 18.2 Å². The molecule has 86 valence electrons. The Morgan fingerprint density at radius 1 is 1.50 bits per heavy atom. The molecule has 0 spiro atoms. The second-order valence-corrected chi connectivity index (χ2v) is 4.84. The predicted molar refractivity (Wildman–Crippen MR) is 62.3 cm³/mol. The molecule has 1 aromatic rings. The van der Waals surface area contributed by atoms with Gasteiger partial charge in [0.1, 0.15) is 0 Å². The van der Waals surface area contributed by atoms with Crippen molar-refractivity contribution < 1.29 is 9.90 Å². The summed E-state index contributed by atoms with van der Waals surface area (Å²) in [5.41, 5.74) is 9.34. The van der Waals surface area contributed by atoms with Crippen LogP contribution in [0.15, 0.2) is 18.2 Å². The van der Waals surface area contributed by atoms with Crippen LogP contribution < -0.4 is 5.73 Å². The zero-order valence-electron chi connectivity index (χ0n) is 9.49. The highest BCUT2D eigenvalue weighted by atomic mass is 16.4. The molecular formula is C13H17NO2. The summed E-state index contributed by atoms with van der Waals surface area (Å²) in [5, 5.41) is 8.96. The van der Waals surface area contributed by atoms with Gasteiger partial charge in [-0.3, -0.25) is 4.79 Å². The van der Waals surface area contributed by atoms with Crippen LogP contribution in [0.5, 0.6) is 0 Å². The van der Waals surface area contributed by atoms with Crippen LogP contribution in [-0.2, 0) is 17.6 Å². The number of fused-ring (bicyclic) bond motifs is 1. The Hall–Kier alpha value is -1.35.